The molecule has 0 radical (unpaired) electrons. The second-order valence-corrected chi connectivity index (χ2v) is 14.9. The molecule has 1 N–H and O–H groups in total. The molecule has 3 fully saturated rings. The molecular weight excluding hydrogens is 288 g/mol. The van der Waals surface area contributed by atoms with Gasteiger partial charge in [0.2, 0.25) is 0 Å². The third kappa shape index (κ3) is 2.26. The Bertz CT molecular complexity index is 441. The van der Waals surface area contributed by atoms with Crippen molar-refractivity contribution in [3.05, 3.63) is 0 Å². The van der Waals surface area contributed by atoms with E-state index in [-0.39, 0.29) is 0 Å². The molecule has 0 bridgehead atoms. The van der Waals surface area contributed by atoms with Crippen LogP contribution in [0.15, 0.2) is 0 Å². The van der Waals surface area contributed by atoms with Crippen LogP contribution in [-0.2, 0) is 4.43 Å². The van der Waals surface area contributed by atoms with Gasteiger partial charge in [0.05, 0.1) is 0 Å². The molecule has 1 spiro atoms. The van der Waals surface area contributed by atoms with Crippen LogP contribution in [0, 0.1) is 22.7 Å². The number of aliphatic hydroxyl groups is 1. The summed E-state index contributed by atoms with van der Waals surface area (Å²) in [5.41, 5.74) is 0.882. The summed E-state index contributed by atoms with van der Waals surface area (Å²) >= 11 is 0. The van der Waals surface area contributed by atoms with Crippen molar-refractivity contribution < 1.29 is 9.53 Å². The molecule has 0 amide bonds. The fourth-order valence-corrected chi connectivity index (χ4v) is 7.00. The molecule has 3 aliphatic rings. The van der Waals surface area contributed by atoms with E-state index in [1.165, 1.54) is 38.5 Å². The predicted molar refractivity (Wildman–Crippen MR) is 94.4 cm³/mol. The molecule has 3 aliphatic carbocycles. The van der Waals surface area contributed by atoms with Gasteiger partial charge in [-0.2, -0.15) is 0 Å². The third-order valence-corrected chi connectivity index (χ3v) is 12.7. The van der Waals surface area contributed by atoms with Crippen LogP contribution < -0.4 is 0 Å². The van der Waals surface area contributed by atoms with Crippen LogP contribution >= 0.6 is 0 Å². The Balaban J connectivity index is 1.79. The van der Waals surface area contributed by atoms with E-state index in [1.807, 2.05) is 0 Å². The largest absolute Gasteiger partial charge is 0.414 e. The normalized spacial score (nSPS) is 45.1. The lowest BCUT2D eigenvalue weighted by Crippen LogP contribution is -2.50. The lowest BCUT2D eigenvalue weighted by molar-refractivity contribution is -0.0224. The zero-order valence-electron chi connectivity index (χ0n) is 15.5. The number of aliphatic hydroxyl groups excluding tert-OH is 1. The van der Waals surface area contributed by atoms with Gasteiger partial charge in [-0.15, -0.1) is 0 Å². The molecule has 0 saturated heterocycles. The second kappa shape index (κ2) is 5.06. The minimum atomic E-state index is -1.69. The number of fused-ring (bicyclic) bond motifs is 2. The molecule has 0 aromatic heterocycles. The molecule has 2 nitrogen and oxygen atoms in total. The summed E-state index contributed by atoms with van der Waals surface area (Å²) in [6, 6.07) is 0. The molecule has 22 heavy (non-hydrogen) atoms. The quantitative estimate of drug-likeness (QED) is 0.742. The van der Waals surface area contributed by atoms with Crippen LogP contribution in [0.25, 0.3) is 0 Å². The summed E-state index contributed by atoms with van der Waals surface area (Å²) in [6.07, 6.45) is 8.32. The van der Waals surface area contributed by atoms with Gasteiger partial charge in [0.25, 0.3) is 0 Å². The van der Waals surface area contributed by atoms with E-state index in [1.54, 1.807) is 0 Å². The highest BCUT2D eigenvalue weighted by Crippen LogP contribution is 2.76. The molecule has 0 unspecified atom stereocenters. The van der Waals surface area contributed by atoms with Crippen LogP contribution in [0.2, 0.25) is 18.1 Å². The Hall–Kier alpha value is 0.137. The number of hydrogen-bond acceptors (Lipinski definition) is 2. The van der Waals surface area contributed by atoms with Gasteiger partial charge in [-0.3, -0.25) is 0 Å². The molecule has 0 aromatic rings. The highest BCUT2D eigenvalue weighted by atomic mass is 28.4. The van der Waals surface area contributed by atoms with Crippen molar-refractivity contribution in [1.29, 1.82) is 0 Å². The lowest BCUT2D eigenvalue weighted by atomic mass is 9.62. The monoisotopic (exact) mass is 324 g/mol. The molecule has 3 rings (SSSR count). The van der Waals surface area contributed by atoms with Gasteiger partial charge >= 0.3 is 0 Å². The third-order valence-electron chi connectivity index (χ3n) is 8.20. The predicted octanol–water partition coefficient (Wildman–Crippen LogP) is 4.98. The van der Waals surface area contributed by atoms with E-state index >= 15 is 0 Å². The first kappa shape index (κ1) is 17.0. The average Bonchev–Trinajstić information content (AvgIpc) is 3.03. The van der Waals surface area contributed by atoms with Crippen molar-refractivity contribution in [2.75, 3.05) is 6.61 Å². The number of rotatable bonds is 3. The van der Waals surface area contributed by atoms with E-state index in [2.05, 4.69) is 40.8 Å². The van der Waals surface area contributed by atoms with Gasteiger partial charge in [0.15, 0.2) is 8.32 Å². The maximum absolute atomic E-state index is 9.67. The average molecular weight is 325 g/mol. The summed E-state index contributed by atoms with van der Waals surface area (Å²) in [5.74, 6) is 1.31. The molecule has 3 heteroatoms. The summed E-state index contributed by atoms with van der Waals surface area (Å²) in [6.45, 7) is 14.8. The zero-order chi connectivity index (χ0) is 16.4. The molecule has 5 atom stereocenters. The standard InChI is InChI=1S/C19H36O2Si/c1-17(2,3)22(5,6)21-16-8-7-10-18(4)15(16)9-11-19(18)12-14(19)13-20/h14-16,20H,7-13H2,1-6H3/t14-,15+,16+,18+,19+/m1/s1. The summed E-state index contributed by atoms with van der Waals surface area (Å²) in [5, 5.41) is 9.97. The van der Waals surface area contributed by atoms with Crippen molar-refractivity contribution in [2.45, 2.75) is 90.5 Å². The van der Waals surface area contributed by atoms with Gasteiger partial charge < -0.3 is 9.53 Å². The van der Waals surface area contributed by atoms with Gasteiger partial charge in [-0.25, -0.2) is 0 Å². The summed E-state index contributed by atoms with van der Waals surface area (Å²) in [4.78, 5) is 0. The highest BCUT2D eigenvalue weighted by Gasteiger charge is 2.70. The zero-order valence-corrected chi connectivity index (χ0v) is 16.5. The minimum Gasteiger partial charge on any atom is -0.414 e. The van der Waals surface area contributed by atoms with Gasteiger partial charge in [-0.1, -0.05) is 34.1 Å². The van der Waals surface area contributed by atoms with E-state index < -0.39 is 8.32 Å². The Morgan fingerprint density at radius 2 is 1.86 bits per heavy atom. The molecule has 0 aromatic carbocycles. The van der Waals surface area contributed by atoms with E-state index in [0.29, 0.717) is 34.5 Å². The second-order valence-electron chi connectivity index (χ2n) is 10.1. The summed E-state index contributed by atoms with van der Waals surface area (Å²) < 4.78 is 6.89. The fourth-order valence-electron chi connectivity index (χ4n) is 5.61. The van der Waals surface area contributed by atoms with Crippen molar-refractivity contribution in [3.8, 4) is 0 Å². The first-order valence-electron chi connectivity index (χ1n) is 9.36. The van der Waals surface area contributed by atoms with Gasteiger partial charge in [0.1, 0.15) is 0 Å². The maximum Gasteiger partial charge on any atom is 0.192 e. The minimum absolute atomic E-state index is 0.296. The molecular formula is C19H36O2Si. The first-order valence-corrected chi connectivity index (χ1v) is 12.3. The Morgan fingerprint density at radius 1 is 1.18 bits per heavy atom. The highest BCUT2D eigenvalue weighted by molar-refractivity contribution is 6.74. The number of hydrogen-bond donors (Lipinski definition) is 1. The molecule has 0 aliphatic heterocycles. The smallest absolute Gasteiger partial charge is 0.192 e. The van der Waals surface area contributed by atoms with Crippen LogP contribution in [-0.4, -0.2) is 26.1 Å². The van der Waals surface area contributed by atoms with Crippen molar-refractivity contribution >= 4 is 8.32 Å². The Morgan fingerprint density at radius 3 is 2.41 bits per heavy atom. The van der Waals surface area contributed by atoms with Crippen LogP contribution in [0.1, 0.15) is 66.2 Å². The van der Waals surface area contributed by atoms with E-state index in [4.69, 9.17) is 4.43 Å². The van der Waals surface area contributed by atoms with Crippen LogP contribution in [0.5, 0.6) is 0 Å². The topological polar surface area (TPSA) is 29.5 Å². The van der Waals surface area contributed by atoms with Crippen molar-refractivity contribution in [2.24, 2.45) is 22.7 Å². The molecule has 128 valence electrons. The fraction of sp³-hybridized carbons (Fsp3) is 1.00. The molecule has 0 heterocycles. The lowest BCUT2D eigenvalue weighted by Gasteiger charge is -2.49. The van der Waals surface area contributed by atoms with Gasteiger partial charge in [0, 0.05) is 12.7 Å². The molecule has 3 saturated carbocycles. The SMILES string of the molecule is CC(C)(C)[Si](C)(C)O[C@H]1CCC[C@@]2(C)[C@H]1CC[C@@]21C[C@@H]1CO. The maximum atomic E-state index is 9.67. The van der Waals surface area contributed by atoms with E-state index in [0.717, 1.165) is 5.92 Å². The first-order chi connectivity index (χ1) is 10.1. The van der Waals surface area contributed by atoms with Gasteiger partial charge in [-0.05, 0) is 72.9 Å². The Kier molecular flexibility index (Phi) is 3.91. The van der Waals surface area contributed by atoms with Crippen LogP contribution in [0.3, 0.4) is 0 Å². The Labute approximate surface area is 138 Å². The summed E-state index contributed by atoms with van der Waals surface area (Å²) in [7, 11) is -1.69. The van der Waals surface area contributed by atoms with Crippen molar-refractivity contribution in [1.82, 2.24) is 0 Å². The van der Waals surface area contributed by atoms with Crippen LogP contribution in [0.4, 0.5) is 0 Å². The van der Waals surface area contributed by atoms with Crippen molar-refractivity contribution in [3.63, 3.8) is 0 Å². The van der Waals surface area contributed by atoms with E-state index in [9.17, 15) is 5.11 Å².